The van der Waals surface area contributed by atoms with E-state index in [9.17, 15) is 0 Å². The Hall–Kier alpha value is -0.422. The van der Waals surface area contributed by atoms with Crippen molar-refractivity contribution in [1.29, 1.82) is 0 Å². The predicted molar refractivity (Wildman–Crippen MR) is 46.0 cm³/mol. The summed E-state index contributed by atoms with van der Waals surface area (Å²) in [5.41, 5.74) is 2.94. The molecule has 1 nitrogen and oxygen atoms in total. The Balaban J connectivity index is 2.51. The molecule has 0 radical (unpaired) electrons. The summed E-state index contributed by atoms with van der Waals surface area (Å²) in [6.45, 7) is 1.21. The maximum absolute atomic E-state index is 2.36. The molecular formula is C8H10AsN. The van der Waals surface area contributed by atoms with Crippen LogP contribution in [-0.4, -0.2) is 23.6 Å². The van der Waals surface area contributed by atoms with Crippen molar-refractivity contribution in [2.75, 3.05) is 10.4 Å². The monoisotopic (exact) mass is 195 g/mol. The molecule has 0 saturated heterocycles. The predicted octanol–water partition coefficient (Wildman–Crippen LogP) is 0.597. The number of nitrogens with zero attached hydrogens (tertiary/aromatic N) is 1. The van der Waals surface area contributed by atoms with E-state index in [0.717, 1.165) is 0 Å². The number of hydrogen-bond donors (Lipinski definition) is 0. The molecule has 0 bridgehead atoms. The molecule has 0 amide bonds. The van der Waals surface area contributed by atoms with Crippen LogP contribution < -0.4 is 3.82 Å². The van der Waals surface area contributed by atoms with E-state index in [0.29, 0.717) is 0 Å². The summed E-state index contributed by atoms with van der Waals surface area (Å²) in [5, 5.41) is 0. The quantitative estimate of drug-likeness (QED) is 0.548. The van der Waals surface area contributed by atoms with E-state index in [-0.39, 0.29) is 0 Å². The summed E-state index contributed by atoms with van der Waals surface area (Å²) < 4.78 is 2.36. The first-order valence-electron chi connectivity index (χ1n) is 3.48. The van der Waals surface area contributed by atoms with Gasteiger partial charge in [0.2, 0.25) is 0 Å². The van der Waals surface area contributed by atoms with Crippen LogP contribution in [0.5, 0.6) is 0 Å². The molecule has 0 fully saturated rings. The van der Waals surface area contributed by atoms with Gasteiger partial charge in [0.05, 0.1) is 0 Å². The topological polar surface area (TPSA) is 3.24 Å². The third-order valence-electron chi connectivity index (χ3n) is 1.92. The molecule has 0 aromatic heterocycles. The number of rotatable bonds is 0. The van der Waals surface area contributed by atoms with E-state index in [1.54, 1.807) is 17.1 Å². The van der Waals surface area contributed by atoms with E-state index in [4.69, 9.17) is 0 Å². The molecule has 10 heavy (non-hydrogen) atoms. The molecule has 1 heterocycles. The Labute approximate surface area is 69.8 Å². The summed E-state index contributed by atoms with van der Waals surface area (Å²) in [6, 6.07) is 8.64. The fraction of sp³-hybridized carbons (Fsp3) is 0.250. The first kappa shape index (κ1) is 6.30. The van der Waals surface area contributed by atoms with Gasteiger partial charge in [-0.1, -0.05) is 0 Å². The van der Waals surface area contributed by atoms with Crippen LogP contribution in [0, 0.1) is 0 Å². The summed E-state index contributed by atoms with van der Waals surface area (Å²) in [5.74, 6) is 0. The van der Waals surface area contributed by atoms with E-state index < -0.39 is 0 Å². The summed E-state index contributed by atoms with van der Waals surface area (Å²) in [7, 11) is 0. The number of benzene rings is 1. The molecule has 0 aliphatic carbocycles. The first-order chi connectivity index (χ1) is 4.88. The molecule has 2 heteroatoms. The zero-order valence-corrected chi connectivity index (χ0v) is 8.17. The second-order valence-electron chi connectivity index (χ2n) is 2.57. The number of anilines is 1. The Bertz CT molecular complexity index is 247. The van der Waals surface area contributed by atoms with Crippen LogP contribution in [0.3, 0.4) is 0 Å². The Morgan fingerprint density at radius 1 is 1.30 bits per heavy atom. The average Bonchev–Trinajstić information content (AvgIpc) is 2.34. The SMILES string of the molecule is [AsH2]N1CCc2ccccc21. The average molecular weight is 195 g/mol. The summed E-state index contributed by atoms with van der Waals surface area (Å²) in [4.78, 5) is 0. The van der Waals surface area contributed by atoms with E-state index in [1.165, 1.54) is 24.2 Å². The molecule has 1 unspecified atom stereocenters. The maximum atomic E-state index is 2.36. The van der Waals surface area contributed by atoms with Crippen molar-refractivity contribution in [3.63, 3.8) is 0 Å². The van der Waals surface area contributed by atoms with E-state index in [2.05, 4.69) is 28.1 Å². The van der Waals surface area contributed by atoms with Crippen LogP contribution in [-0.2, 0) is 6.42 Å². The minimum absolute atomic E-state index is 1.21. The van der Waals surface area contributed by atoms with Gasteiger partial charge in [-0.25, -0.2) is 0 Å². The molecule has 1 aromatic carbocycles. The molecule has 0 spiro atoms. The number of fused-ring (bicyclic) bond motifs is 1. The van der Waals surface area contributed by atoms with Crippen LogP contribution in [0.15, 0.2) is 24.3 Å². The Kier molecular flexibility index (Phi) is 1.46. The summed E-state index contributed by atoms with van der Waals surface area (Å²) in [6.07, 6.45) is 1.23. The Morgan fingerprint density at radius 2 is 2.10 bits per heavy atom. The van der Waals surface area contributed by atoms with Gasteiger partial charge in [0.1, 0.15) is 0 Å². The number of para-hydroxylation sites is 1. The van der Waals surface area contributed by atoms with Crippen molar-refractivity contribution in [1.82, 2.24) is 0 Å². The molecule has 1 aliphatic heterocycles. The van der Waals surface area contributed by atoms with Crippen molar-refractivity contribution in [2.24, 2.45) is 0 Å². The van der Waals surface area contributed by atoms with Gasteiger partial charge in [-0.3, -0.25) is 0 Å². The van der Waals surface area contributed by atoms with Crippen molar-refractivity contribution < 1.29 is 0 Å². The molecule has 52 valence electrons. The van der Waals surface area contributed by atoms with Gasteiger partial charge in [-0.15, -0.1) is 0 Å². The molecule has 1 aliphatic rings. The van der Waals surface area contributed by atoms with Gasteiger partial charge < -0.3 is 0 Å². The second-order valence-corrected chi connectivity index (χ2v) is 3.88. The van der Waals surface area contributed by atoms with Crippen molar-refractivity contribution in [2.45, 2.75) is 6.42 Å². The zero-order valence-electron chi connectivity index (χ0n) is 5.75. The third-order valence-corrected chi connectivity index (χ3v) is 3.05. The minimum atomic E-state index is 1.21. The van der Waals surface area contributed by atoms with Gasteiger partial charge in [0.15, 0.2) is 0 Å². The van der Waals surface area contributed by atoms with E-state index >= 15 is 0 Å². The van der Waals surface area contributed by atoms with Crippen molar-refractivity contribution in [3.8, 4) is 0 Å². The normalized spacial score (nSPS) is 15.5. The fourth-order valence-corrected chi connectivity index (χ4v) is 2.16. The molecule has 0 N–H and O–H groups in total. The van der Waals surface area contributed by atoms with Gasteiger partial charge >= 0.3 is 69.4 Å². The third kappa shape index (κ3) is 0.856. The summed E-state index contributed by atoms with van der Waals surface area (Å²) >= 11 is 1.70. The molecular weight excluding hydrogens is 185 g/mol. The molecule has 0 saturated carbocycles. The van der Waals surface area contributed by atoms with Gasteiger partial charge in [-0.2, -0.15) is 0 Å². The fourth-order valence-electron chi connectivity index (χ4n) is 1.36. The van der Waals surface area contributed by atoms with E-state index in [1.807, 2.05) is 0 Å². The number of hydrogen-bond acceptors (Lipinski definition) is 1. The van der Waals surface area contributed by atoms with Gasteiger partial charge in [0, 0.05) is 0 Å². The van der Waals surface area contributed by atoms with Gasteiger partial charge in [-0.05, 0) is 0 Å². The first-order valence-corrected chi connectivity index (χ1v) is 4.56. The van der Waals surface area contributed by atoms with Crippen LogP contribution in [0.1, 0.15) is 5.56 Å². The van der Waals surface area contributed by atoms with Crippen molar-refractivity contribution in [3.05, 3.63) is 29.8 Å². The molecule has 1 atom stereocenters. The Morgan fingerprint density at radius 3 is 2.90 bits per heavy atom. The van der Waals surface area contributed by atoms with Crippen molar-refractivity contribution >= 4 is 22.8 Å². The zero-order chi connectivity index (χ0) is 6.97. The van der Waals surface area contributed by atoms with Crippen LogP contribution in [0.4, 0.5) is 5.69 Å². The molecule has 1 aromatic rings. The standard InChI is InChI=1S/C8H10AsN/c9-10-6-5-7-3-1-2-4-8(7)10/h1-4H,5-6,9H2. The van der Waals surface area contributed by atoms with Crippen LogP contribution >= 0.6 is 0 Å². The molecule has 2 rings (SSSR count). The van der Waals surface area contributed by atoms with Crippen LogP contribution in [0.2, 0.25) is 0 Å². The second kappa shape index (κ2) is 2.32. The van der Waals surface area contributed by atoms with Crippen LogP contribution in [0.25, 0.3) is 0 Å². The van der Waals surface area contributed by atoms with Gasteiger partial charge in [0.25, 0.3) is 0 Å².